The maximum Gasteiger partial charge on any atom is 0.290 e. The molecule has 4 heteroatoms. The smallest absolute Gasteiger partial charge is 0.290 e. The van der Waals surface area contributed by atoms with Crippen molar-refractivity contribution in [3.8, 4) is 0 Å². The summed E-state index contributed by atoms with van der Waals surface area (Å²) in [4.78, 5) is 11.8. The molecule has 0 aliphatic rings. The number of hydrogen-bond acceptors (Lipinski definition) is 1. The van der Waals surface area contributed by atoms with E-state index in [1.54, 1.807) is 0 Å². The second kappa shape index (κ2) is 14.1. The predicted octanol–water partition coefficient (Wildman–Crippen LogP) is 1.55. The van der Waals surface area contributed by atoms with Crippen molar-refractivity contribution in [3.05, 3.63) is 12.7 Å². The van der Waals surface area contributed by atoms with Crippen molar-refractivity contribution in [3.63, 3.8) is 0 Å². The number of halogens is 1. The number of quaternary nitrogens is 1. The van der Waals surface area contributed by atoms with E-state index >= 15 is 0 Å². The van der Waals surface area contributed by atoms with Crippen LogP contribution in [0.4, 0.5) is 0 Å². The highest BCUT2D eigenvalue weighted by Crippen LogP contribution is 2.12. The zero-order chi connectivity index (χ0) is 16.1. The minimum atomic E-state index is 0. The van der Waals surface area contributed by atoms with Gasteiger partial charge in [0.1, 0.15) is 0 Å². The van der Waals surface area contributed by atoms with E-state index in [-0.39, 0.29) is 18.3 Å². The highest BCUT2D eigenvalue weighted by Gasteiger charge is 2.23. The SMILES string of the molecule is C=CC(=O)N(CCCCCCCCCCCC)[N+](C)(C)C.[Cl-]. The molecule has 0 aliphatic heterocycles. The topological polar surface area (TPSA) is 20.3 Å². The summed E-state index contributed by atoms with van der Waals surface area (Å²) in [5, 5.41) is 1.87. The Morgan fingerprint density at radius 1 is 0.909 bits per heavy atom. The third kappa shape index (κ3) is 12.0. The van der Waals surface area contributed by atoms with E-state index in [9.17, 15) is 4.79 Å². The second-order valence-corrected chi connectivity index (χ2v) is 6.79. The molecule has 0 aliphatic carbocycles. The van der Waals surface area contributed by atoms with Crippen LogP contribution in [0.5, 0.6) is 0 Å². The Hall–Kier alpha value is -0.540. The number of amides is 1. The van der Waals surface area contributed by atoms with Crippen molar-refractivity contribution in [2.45, 2.75) is 71.1 Å². The van der Waals surface area contributed by atoms with Crippen LogP contribution in [0.15, 0.2) is 12.7 Å². The number of unbranched alkanes of at least 4 members (excludes halogenated alkanes) is 9. The van der Waals surface area contributed by atoms with Gasteiger partial charge in [0.15, 0.2) is 0 Å². The van der Waals surface area contributed by atoms with E-state index in [0.29, 0.717) is 4.59 Å². The summed E-state index contributed by atoms with van der Waals surface area (Å²) >= 11 is 0. The average molecular weight is 333 g/mol. The van der Waals surface area contributed by atoms with Crippen molar-refractivity contribution in [1.82, 2.24) is 5.01 Å². The summed E-state index contributed by atoms with van der Waals surface area (Å²) in [7, 11) is 6.08. The molecule has 0 heterocycles. The van der Waals surface area contributed by atoms with Crippen molar-refractivity contribution in [2.24, 2.45) is 0 Å². The van der Waals surface area contributed by atoms with Gasteiger partial charge < -0.3 is 12.4 Å². The fourth-order valence-electron chi connectivity index (χ4n) is 2.56. The molecule has 0 fully saturated rings. The number of carbonyl (C=O) groups excluding carboxylic acids is 1. The molecule has 3 nitrogen and oxygen atoms in total. The van der Waals surface area contributed by atoms with E-state index < -0.39 is 0 Å². The lowest BCUT2D eigenvalue weighted by molar-refractivity contribution is -0.973. The Morgan fingerprint density at radius 2 is 1.32 bits per heavy atom. The third-order valence-corrected chi connectivity index (χ3v) is 3.88. The molecule has 132 valence electrons. The Labute approximate surface area is 144 Å². The lowest BCUT2D eigenvalue weighted by atomic mass is 10.1. The molecular formula is C18H37ClN2O. The zero-order valence-electron chi connectivity index (χ0n) is 15.2. The van der Waals surface area contributed by atoms with Gasteiger partial charge >= 0.3 is 0 Å². The van der Waals surface area contributed by atoms with Gasteiger partial charge in [-0.2, -0.15) is 5.01 Å². The Morgan fingerprint density at radius 3 is 1.68 bits per heavy atom. The molecule has 0 spiro atoms. The Kier molecular flexibility index (Phi) is 15.2. The molecule has 0 atom stereocenters. The van der Waals surface area contributed by atoms with Gasteiger partial charge in [0.05, 0.1) is 27.7 Å². The molecule has 0 aromatic rings. The highest BCUT2D eigenvalue weighted by molar-refractivity contribution is 5.85. The molecule has 0 aromatic carbocycles. The number of hydrogen-bond donors (Lipinski definition) is 0. The van der Waals surface area contributed by atoms with Gasteiger partial charge in [-0.15, -0.1) is 0 Å². The quantitative estimate of drug-likeness (QED) is 0.217. The molecule has 22 heavy (non-hydrogen) atoms. The van der Waals surface area contributed by atoms with Crippen LogP contribution in [0.3, 0.4) is 0 Å². The van der Waals surface area contributed by atoms with Gasteiger partial charge in [-0.05, 0) is 6.42 Å². The molecule has 0 saturated carbocycles. The first kappa shape index (κ1) is 23.7. The molecule has 0 rings (SSSR count). The molecule has 0 aromatic heterocycles. The summed E-state index contributed by atoms with van der Waals surface area (Å²) in [5.74, 6) is 0.0263. The summed E-state index contributed by atoms with van der Waals surface area (Å²) in [6.07, 6.45) is 14.6. The van der Waals surface area contributed by atoms with Crippen LogP contribution in [0.1, 0.15) is 71.1 Å². The average Bonchev–Trinajstić information content (AvgIpc) is 2.42. The lowest BCUT2D eigenvalue weighted by Crippen LogP contribution is -3.00. The first-order chi connectivity index (χ1) is 9.93. The van der Waals surface area contributed by atoms with Gasteiger partial charge in [0, 0.05) is 6.08 Å². The molecule has 0 radical (unpaired) electrons. The van der Waals surface area contributed by atoms with Crippen LogP contribution in [0.25, 0.3) is 0 Å². The van der Waals surface area contributed by atoms with Crippen LogP contribution in [-0.2, 0) is 4.79 Å². The van der Waals surface area contributed by atoms with E-state index in [4.69, 9.17) is 0 Å². The van der Waals surface area contributed by atoms with Crippen LogP contribution >= 0.6 is 0 Å². The monoisotopic (exact) mass is 332 g/mol. The van der Waals surface area contributed by atoms with Crippen LogP contribution in [0, 0.1) is 0 Å². The Bertz CT molecular complexity index is 287. The standard InChI is InChI=1S/C18H37N2O.ClH/c1-6-8-9-10-11-12-13-14-15-16-17-19(18(21)7-2)20(3,4)5;/h7H,2,6,8-17H2,1,3-5H3;1H/q+1;/p-1. The first-order valence-corrected chi connectivity index (χ1v) is 8.69. The maximum absolute atomic E-state index is 11.8. The fraction of sp³-hybridized carbons (Fsp3) is 0.833. The molecular weight excluding hydrogens is 296 g/mol. The van der Waals surface area contributed by atoms with E-state index in [0.717, 1.165) is 13.0 Å². The van der Waals surface area contributed by atoms with Gasteiger partial charge in [-0.3, -0.25) is 4.79 Å². The normalized spacial score (nSPS) is 10.9. The maximum atomic E-state index is 11.8. The molecule has 0 unspecified atom stereocenters. The van der Waals surface area contributed by atoms with Crippen molar-refractivity contribution < 1.29 is 21.8 Å². The van der Waals surface area contributed by atoms with Gasteiger partial charge in [0.25, 0.3) is 5.91 Å². The minimum absolute atomic E-state index is 0. The summed E-state index contributed by atoms with van der Waals surface area (Å²) < 4.78 is 0.544. The summed E-state index contributed by atoms with van der Waals surface area (Å²) in [6, 6.07) is 0. The Balaban J connectivity index is 0. The highest BCUT2D eigenvalue weighted by atomic mass is 35.5. The van der Waals surface area contributed by atoms with Crippen LogP contribution in [-0.4, -0.2) is 43.2 Å². The fourth-order valence-corrected chi connectivity index (χ4v) is 2.56. The van der Waals surface area contributed by atoms with Crippen molar-refractivity contribution in [2.75, 3.05) is 27.7 Å². The van der Waals surface area contributed by atoms with Gasteiger partial charge in [-0.1, -0.05) is 71.3 Å². The second-order valence-electron chi connectivity index (χ2n) is 6.79. The molecule has 0 bridgehead atoms. The predicted molar refractivity (Wildman–Crippen MR) is 91.8 cm³/mol. The summed E-state index contributed by atoms with van der Waals surface area (Å²) in [5.41, 5.74) is 0. The third-order valence-electron chi connectivity index (χ3n) is 3.88. The van der Waals surface area contributed by atoms with Crippen molar-refractivity contribution >= 4 is 5.91 Å². The molecule has 0 saturated heterocycles. The molecule has 0 N–H and O–H groups in total. The lowest BCUT2D eigenvalue weighted by Gasteiger charge is -2.35. The minimum Gasteiger partial charge on any atom is -1.00 e. The first-order valence-electron chi connectivity index (χ1n) is 8.69. The van der Waals surface area contributed by atoms with E-state index in [2.05, 4.69) is 13.5 Å². The van der Waals surface area contributed by atoms with E-state index in [1.165, 1.54) is 63.9 Å². The zero-order valence-corrected chi connectivity index (χ0v) is 16.0. The van der Waals surface area contributed by atoms with Crippen molar-refractivity contribution in [1.29, 1.82) is 0 Å². The molecule has 1 amide bonds. The number of carbonyl (C=O) groups is 1. The van der Waals surface area contributed by atoms with Gasteiger partial charge in [-0.25, -0.2) is 4.59 Å². The van der Waals surface area contributed by atoms with Crippen LogP contribution in [0.2, 0.25) is 0 Å². The van der Waals surface area contributed by atoms with Gasteiger partial charge in [0.2, 0.25) is 0 Å². The summed E-state index contributed by atoms with van der Waals surface area (Å²) in [6.45, 7) is 6.68. The number of rotatable bonds is 13. The van der Waals surface area contributed by atoms with Crippen LogP contribution < -0.4 is 12.4 Å². The largest absolute Gasteiger partial charge is 1.00 e. The van der Waals surface area contributed by atoms with E-state index in [1.807, 2.05) is 26.2 Å². The number of nitrogens with zero attached hydrogens (tertiary/aromatic N) is 2.